The van der Waals surface area contributed by atoms with Gasteiger partial charge < -0.3 is 14.0 Å². The van der Waals surface area contributed by atoms with Gasteiger partial charge in [0.15, 0.2) is 0 Å². The Balaban J connectivity index is 1.73. The molecule has 5 aromatic rings. The Hall–Kier alpha value is -3.86. The number of para-hydroxylation sites is 1. The molecule has 0 radical (unpaired) electrons. The minimum atomic E-state index is 0.748. The first-order chi connectivity index (χ1) is 14.3. The summed E-state index contributed by atoms with van der Waals surface area (Å²) in [5.74, 6) is 1.51. The van der Waals surface area contributed by atoms with E-state index >= 15 is 0 Å². The van der Waals surface area contributed by atoms with E-state index in [9.17, 15) is 0 Å². The largest absolute Gasteiger partial charge is 0.497 e. The van der Waals surface area contributed by atoms with Crippen molar-refractivity contribution in [3.63, 3.8) is 0 Å². The predicted molar refractivity (Wildman–Crippen MR) is 115 cm³/mol. The van der Waals surface area contributed by atoms with Crippen molar-refractivity contribution >= 4 is 21.9 Å². The minimum absolute atomic E-state index is 0.748. The smallest absolute Gasteiger partial charge is 0.130 e. The van der Waals surface area contributed by atoms with Crippen LogP contribution in [0.1, 0.15) is 0 Å². The summed E-state index contributed by atoms with van der Waals surface area (Å²) in [6.07, 6.45) is 3.57. The van der Waals surface area contributed by atoms with E-state index in [1.807, 2.05) is 48.7 Å². The van der Waals surface area contributed by atoms with Crippen molar-refractivity contribution in [1.82, 2.24) is 14.5 Å². The topological polar surface area (TPSA) is 49.2 Å². The Bertz CT molecular complexity index is 1290. The number of benzene rings is 2. The van der Waals surface area contributed by atoms with Gasteiger partial charge in [-0.1, -0.05) is 18.2 Å². The molecular formula is C24H19N3O2. The first kappa shape index (κ1) is 17.3. The average Bonchev–Trinajstić information content (AvgIpc) is 3.13. The maximum absolute atomic E-state index is 5.73. The lowest BCUT2D eigenvalue weighted by atomic mass is 10.1. The second kappa shape index (κ2) is 6.95. The van der Waals surface area contributed by atoms with Crippen LogP contribution in [0.3, 0.4) is 0 Å². The highest BCUT2D eigenvalue weighted by atomic mass is 16.5. The van der Waals surface area contributed by atoms with Gasteiger partial charge in [0.1, 0.15) is 11.5 Å². The maximum atomic E-state index is 5.73. The summed E-state index contributed by atoms with van der Waals surface area (Å²) in [6.45, 7) is 0. The fraction of sp³-hybridized carbons (Fsp3) is 0.0833. The zero-order valence-corrected chi connectivity index (χ0v) is 16.2. The van der Waals surface area contributed by atoms with E-state index in [1.54, 1.807) is 20.4 Å². The fourth-order valence-electron chi connectivity index (χ4n) is 3.78. The molecule has 0 spiro atoms. The molecule has 0 aliphatic carbocycles. The van der Waals surface area contributed by atoms with E-state index in [-0.39, 0.29) is 0 Å². The first-order valence-corrected chi connectivity index (χ1v) is 9.33. The van der Waals surface area contributed by atoms with E-state index in [0.29, 0.717) is 0 Å². The Morgan fingerprint density at radius 1 is 0.759 bits per heavy atom. The minimum Gasteiger partial charge on any atom is -0.497 e. The van der Waals surface area contributed by atoms with E-state index in [0.717, 1.165) is 50.4 Å². The molecule has 5 nitrogen and oxygen atoms in total. The maximum Gasteiger partial charge on any atom is 0.130 e. The van der Waals surface area contributed by atoms with Crippen molar-refractivity contribution in [2.45, 2.75) is 0 Å². The summed E-state index contributed by atoms with van der Waals surface area (Å²) in [5, 5.41) is 1.13. The zero-order chi connectivity index (χ0) is 19.8. The van der Waals surface area contributed by atoms with Crippen LogP contribution in [0.25, 0.3) is 38.9 Å². The number of fused-ring (bicyclic) bond motifs is 3. The van der Waals surface area contributed by atoms with Crippen molar-refractivity contribution in [2.24, 2.45) is 0 Å². The van der Waals surface area contributed by atoms with E-state index in [4.69, 9.17) is 9.47 Å². The monoisotopic (exact) mass is 381 g/mol. The number of methoxy groups -OCH3 is 2. The third-order valence-electron chi connectivity index (χ3n) is 5.11. The molecule has 5 heteroatoms. The van der Waals surface area contributed by atoms with Crippen LogP contribution in [-0.4, -0.2) is 28.8 Å². The number of nitrogens with zero attached hydrogens (tertiary/aromatic N) is 3. The third kappa shape index (κ3) is 2.79. The van der Waals surface area contributed by atoms with Gasteiger partial charge >= 0.3 is 0 Å². The van der Waals surface area contributed by atoms with Gasteiger partial charge in [-0.05, 0) is 36.4 Å². The molecule has 0 fully saturated rings. The van der Waals surface area contributed by atoms with Crippen LogP contribution in [-0.2, 0) is 0 Å². The Morgan fingerprint density at radius 2 is 1.62 bits per heavy atom. The molecule has 3 heterocycles. The van der Waals surface area contributed by atoms with Gasteiger partial charge in [0, 0.05) is 41.2 Å². The molecule has 0 N–H and O–H groups in total. The van der Waals surface area contributed by atoms with E-state index in [1.165, 1.54) is 0 Å². The molecule has 2 aromatic carbocycles. The van der Waals surface area contributed by atoms with Crippen LogP contribution in [0.5, 0.6) is 11.5 Å². The van der Waals surface area contributed by atoms with Gasteiger partial charge in [0.25, 0.3) is 0 Å². The molecule has 0 bridgehead atoms. The molecule has 142 valence electrons. The van der Waals surface area contributed by atoms with Crippen LogP contribution < -0.4 is 9.47 Å². The number of rotatable bonds is 4. The van der Waals surface area contributed by atoms with Crippen LogP contribution in [0, 0.1) is 0 Å². The summed E-state index contributed by atoms with van der Waals surface area (Å²) < 4.78 is 13.3. The Labute approximate surface area is 168 Å². The Kier molecular flexibility index (Phi) is 4.13. The van der Waals surface area contributed by atoms with Gasteiger partial charge in [-0.3, -0.25) is 9.97 Å². The number of hydrogen-bond acceptors (Lipinski definition) is 4. The highest BCUT2D eigenvalue weighted by Crippen LogP contribution is 2.35. The van der Waals surface area contributed by atoms with Gasteiger partial charge in [-0.25, -0.2) is 0 Å². The molecular weight excluding hydrogens is 362 g/mol. The van der Waals surface area contributed by atoms with Crippen LogP contribution >= 0.6 is 0 Å². The SMILES string of the molecule is COc1ccnc(-c2ccc(-n3c4ccccc4c4ncccc43)cc2OC)c1. The molecule has 29 heavy (non-hydrogen) atoms. The first-order valence-electron chi connectivity index (χ1n) is 9.33. The molecule has 5 rings (SSSR count). The molecule has 0 saturated carbocycles. The van der Waals surface area contributed by atoms with Gasteiger partial charge in [0.2, 0.25) is 0 Å². The summed E-state index contributed by atoms with van der Waals surface area (Å²) in [6, 6.07) is 22.2. The molecule has 0 saturated heterocycles. The van der Waals surface area contributed by atoms with Crippen LogP contribution in [0.4, 0.5) is 0 Å². The molecule has 0 atom stereocenters. The van der Waals surface area contributed by atoms with Crippen molar-refractivity contribution in [3.8, 4) is 28.4 Å². The van der Waals surface area contributed by atoms with E-state index < -0.39 is 0 Å². The third-order valence-corrected chi connectivity index (χ3v) is 5.11. The van der Waals surface area contributed by atoms with Crippen molar-refractivity contribution in [2.75, 3.05) is 14.2 Å². The second-order valence-electron chi connectivity index (χ2n) is 6.69. The quantitative estimate of drug-likeness (QED) is 0.426. The van der Waals surface area contributed by atoms with E-state index in [2.05, 4.69) is 38.8 Å². The lowest BCUT2D eigenvalue weighted by molar-refractivity contribution is 0.413. The highest BCUT2D eigenvalue weighted by molar-refractivity contribution is 6.06. The normalized spacial score (nSPS) is 11.1. The highest BCUT2D eigenvalue weighted by Gasteiger charge is 2.15. The van der Waals surface area contributed by atoms with Gasteiger partial charge in [-0.15, -0.1) is 0 Å². The van der Waals surface area contributed by atoms with Crippen molar-refractivity contribution in [3.05, 3.63) is 79.1 Å². The summed E-state index contributed by atoms with van der Waals surface area (Å²) in [5.41, 5.74) is 5.87. The predicted octanol–water partition coefficient (Wildman–Crippen LogP) is 5.26. The van der Waals surface area contributed by atoms with Gasteiger partial charge in [0.05, 0.1) is 36.5 Å². The fourth-order valence-corrected chi connectivity index (χ4v) is 3.78. The zero-order valence-electron chi connectivity index (χ0n) is 16.2. The summed E-state index contributed by atoms with van der Waals surface area (Å²) >= 11 is 0. The standard InChI is InChI=1S/C24H19N3O2/c1-28-17-11-13-25-20(15-17)18-10-9-16(14-23(18)29-2)27-21-7-4-3-6-19(21)24-22(27)8-5-12-26-24/h3-15H,1-2H3. The number of aromatic nitrogens is 3. The molecule has 3 aromatic heterocycles. The molecule has 0 aliphatic rings. The molecule has 0 unspecified atom stereocenters. The lowest BCUT2D eigenvalue weighted by Gasteiger charge is -2.13. The summed E-state index contributed by atoms with van der Waals surface area (Å²) in [4.78, 5) is 9.09. The Morgan fingerprint density at radius 3 is 2.48 bits per heavy atom. The van der Waals surface area contributed by atoms with Crippen LogP contribution in [0.15, 0.2) is 79.1 Å². The number of pyridine rings is 2. The lowest BCUT2D eigenvalue weighted by Crippen LogP contribution is -1.97. The average molecular weight is 381 g/mol. The van der Waals surface area contributed by atoms with Crippen LogP contribution in [0.2, 0.25) is 0 Å². The molecule has 0 aliphatic heterocycles. The van der Waals surface area contributed by atoms with Crippen molar-refractivity contribution < 1.29 is 9.47 Å². The second-order valence-corrected chi connectivity index (χ2v) is 6.69. The summed E-state index contributed by atoms with van der Waals surface area (Å²) in [7, 11) is 3.33. The van der Waals surface area contributed by atoms with Crippen molar-refractivity contribution in [1.29, 1.82) is 0 Å². The number of ether oxygens (including phenoxy) is 2. The number of hydrogen-bond donors (Lipinski definition) is 0. The van der Waals surface area contributed by atoms with Gasteiger partial charge in [-0.2, -0.15) is 0 Å². The molecule has 0 amide bonds.